The van der Waals surface area contributed by atoms with Crippen molar-refractivity contribution in [3.05, 3.63) is 58.1 Å². The minimum Gasteiger partial charge on any atom is -0.493 e. The molecule has 7 nitrogen and oxygen atoms in total. The van der Waals surface area contributed by atoms with Crippen molar-refractivity contribution in [3.63, 3.8) is 0 Å². The van der Waals surface area contributed by atoms with E-state index in [1.165, 1.54) is 21.3 Å². The van der Waals surface area contributed by atoms with Gasteiger partial charge in [0.05, 0.1) is 26.4 Å². The summed E-state index contributed by atoms with van der Waals surface area (Å²) in [4.78, 5) is 14.4. The highest BCUT2D eigenvalue weighted by atomic mass is 32.1. The van der Waals surface area contributed by atoms with E-state index in [9.17, 15) is 10.1 Å². The van der Waals surface area contributed by atoms with Gasteiger partial charge < -0.3 is 24.4 Å². The molecule has 1 atom stereocenters. The van der Waals surface area contributed by atoms with Gasteiger partial charge in [0.25, 0.3) is 5.91 Å². The number of thiol groups is 1. The SMILES string of the molecule is COc1cc(C2NC(=O)C(C#N)=C(S)N2c2ccccc2C)cc(OC)c1OC. The molecule has 0 radical (unpaired) electrons. The molecule has 1 aliphatic rings. The lowest BCUT2D eigenvalue weighted by atomic mass is 10.0. The molecule has 0 saturated carbocycles. The van der Waals surface area contributed by atoms with E-state index in [4.69, 9.17) is 14.2 Å². The second-order valence-electron chi connectivity index (χ2n) is 6.30. The second-order valence-corrected chi connectivity index (χ2v) is 6.73. The number of aryl methyl sites for hydroxylation is 1. The highest BCUT2D eigenvalue weighted by Crippen LogP contribution is 2.43. The first kappa shape index (κ1) is 20.4. The molecule has 2 aromatic carbocycles. The molecule has 3 rings (SSSR count). The number of rotatable bonds is 5. The minimum atomic E-state index is -0.637. The molecule has 1 amide bonds. The van der Waals surface area contributed by atoms with Crippen LogP contribution < -0.4 is 24.4 Å². The van der Waals surface area contributed by atoms with Gasteiger partial charge in [0, 0.05) is 11.3 Å². The summed E-state index contributed by atoms with van der Waals surface area (Å²) < 4.78 is 16.3. The topological polar surface area (TPSA) is 83.8 Å². The molecule has 0 fully saturated rings. The van der Waals surface area contributed by atoms with Crippen LogP contribution >= 0.6 is 12.6 Å². The molecular weight excluding hydrogens is 390 g/mol. The third kappa shape index (κ3) is 3.57. The highest BCUT2D eigenvalue weighted by Gasteiger charge is 2.35. The monoisotopic (exact) mass is 411 g/mol. The van der Waals surface area contributed by atoms with E-state index >= 15 is 0 Å². The van der Waals surface area contributed by atoms with Gasteiger partial charge in [-0.2, -0.15) is 5.26 Å². The molecule has 0 saturated heterocycles. The summed E-state index contributed by atoms with van der Waals surface area (Å²) in [5.41, 5.74) is 2.40. The number of carbonyl (C=O) groups is 1. The van der Waals surface area contributed by atoms with Gasteiger partial charge >= 0.3 is 0 Å². The fourth-order valence-electron chi connectivity index (χ4n) is 3.28. The van der Waals surface area contributed by atoms with Crippen molar-refractivity contribution in [2.45, 2.75) is 13.1 Å². The summed E-state index contributed by atoms with van der Waals surface area (Å²) in [7, 11) is 4.57. The van der Waals surface area contributed by atoms with Gasteiger partial charge in [0.15, 0.2) is 11.5 Å². The fraction of sp³-hybridized carbons (Fsp3) is 0.238. The maximum atomic E-state index is 12.6. The zero-order valence-corrected chi connectivity index (χ0v) is 17.4. The summed E-state index contributed by atoms with van der Waals surface area (Å²) in [5, 5.41) is 12.6. The maximum absolute atomic E-state index is 12.6. The zero-order chi connectivity index (χ0) is 21.1. The molecule has 1 unspecified atom stereocenters. The number of methoxy groups -OCH3 is 3. The molecule has 0 spiro atoms. The Morgan fingerprint density at radius 2 is 1.72 bits per heavy atom. The first-order valence-corrected chi connectivity index (χ1v) is 9.20. The largest absolute Gasteiger partial charge is 0.493 e. The smallest absolute Gasteiger partial charge is 0.266 e. The van der Waals surface area contributed by atoms with E-state index in [0.29, 0.717) is 22.8 Å². The van der Waals surface area contributed by atoms with Crippen LogP contribution in [-0.2, 0) is 4.79 Å². The van der Waals surface area contributed by atoms with Gasteiger partial charge in [-0.3, -0.25) is 4.79 Å². The summed E-state index contributed by atoms with van der Waals surface area (Å²) in [6, 6.07) is 13.1. The number of nitrogens with one attached hydrogen (secondary N) is 1. The van der Waals surface area contributed by atoms with Crippen LogP contribution in [0.15, 0.2) is 47.0 Å². The van der Waals surface area contributed by atoms with Gasteiger partial charge in [0.2, 0.25) is 5.75 Å². The quantitative estimate of drug-likeness (QED) is 0.735. The van der Waals surface area contributed by atoms with Crippen molar-refractivity contribution in [1.29, 1.82) is 5.26 Å². The van der Waals surface area contributed by atoms with E-state index in [1.54, 1.807) is 17.0 Å². The average molecular weight is 411 g/mol. The Morgan fingerprint density at radius 1 is 1.10 bits per heavy atom. The lowest BCUT2D eigenvalue weighted by Crippen LogP contribution is -2.46. The van der Waals surface area contributed by atoms with Gasteiger partial charge in [-0.15, -0.1) is 12.6 Å². The van der Waals surface area contributed by atoms with Crippen molar-refractivity contribution >= 4 is 24.2 Å². The lowest BCUT2D eigenvalue weighted by Gasteiger charge is -2.39. The highest BCUT2D eigenvalue weighted by molar-refractivity contribution is 7.84. The molecule has 8 heteroatoms. The van der Waals surface area contributed by atoms with Gasteiger partial charge in [-0.25, -0.2) is 0 Å². The van der Waals surface area contributed by atoms with Crippen LogP contribution in [0.4, 0.5) is 5.69 Å². The Morgan fingerprint density at radius 3 is 2.24 bits per heavy atom. The molecule has 0 aromatic heterocycles. The van der Waals surface area contributed by atoms with Crippen LogP contribution in [0, 0.1) is 18.3 Å². The number of para-hydroxylation sites is 1. The molecule has 1 aliphatic heterocycles. The number of anilines is 1. The van der Waals surface area contributed by atoms with Crippen LogP contribution in [0.2, 0.25) is 0 Å². The Kier molecular flexibility index (Phi) is 5.89. The molecule has 2 aromatic rings. The van der Waals surface area contributed by atoms with E-state index in [1.807, 2.05) is 37.3 Å². The maximum Gasteiger partial charge on any atom is 0.266 e. The van der Waals surface area contributed by atoms with E-state index in [-0.39, 0.29) is 10.6 Å². The first-order chi connectivity index (χ1) is 14.0. The molecule has 1 heterocycles. The van der Waals surface area contributed by atoms with E-state index in [0.717, 1.165) is 11.3 Å². The lowest BCUT2D eigenvalue weighted by molar-refractivity contribution is -0.118. The van der Waals surface area contributed by atoms with E-state index in [2.05, 4.69) is 17.9 Å². The molecule has 0 bridgehead atoms. The number of hydrogen-bond donors (Lipinski definition) is 2. The summed E-state index contributed by atoms with van der Waals surface area (Å²) >= 11 is 4.53. The summed E-state index contributed by atoms with van der Waals surface area (Å²) in [6.07, 6.45) is -0.637. The number of amides is 1. The van der Waals surface area contributed by atoms with Crippen molar-refractivity contribution < 1.29 is 19.0 Å². The molecule has 29 heavy (non-hydrogen) atoms. The Hall–Kier alpha value is -3.31. The Labute approximate surface area is 174 Å². The predicted molar refractivity (Wildman–Crippen MR) is 112 cm³/mol. The number of benzene rings is 2. The second kappa shape index (κ2) is 8.37. The number of nitrogens with zero attached hydrogens (tertiary/aromatic N) is 2. The summed E-state index contributed by atoms with van der Waals surface area (Å²) in [5.74, 6) is 0.858. The summed E-state index contributed by atoms with van der Waals surface area (Å²) in [6.45, 7) is 1.95. The van der Waals surface area contributed by atoms with E-state index < -0.39 is 12.1 Å². The van der Waals surface area contributed by atoms with Crippen molar-refractivity contribution in [1.82, 2.24) is 5.32 Å². The standard InChI is InChI=1S/C21H21N3O4S/c1-12-7-5-6-8-15(12)24-19(23-20(25)14(11-22)21(24)29)13-9-16(26-2)18(28-4)17(10-13)27-3/h5-10,19,29H,1-4H3,(H,23,25). The van der Waals surface area contributed by atoms with Crippen molar-refractivity contribution in [2.75, 3.05) is 26.2 Å². The first-order valence-electron chi connectivity index (χ1n) is 8.75. The molecule has 150 valence electrons. The van der Waals surface area contributed by atoms with Crippen LogP contribution in [0.25, 0.3) is 0 Å². The van der Waals surface area contributed by atoms with Crippen molar-refractivity contribution in [2.24, 2.45) is 0 Å². The molecular formula is C21H21N3O4S. The normalized spacial score (nSPS) is 16.2. The predicted octanol–water partition coefficient (Wildman–Crippen LogP) is 3.32. The number of hydrogen-bond acceptors (Lipinski definition) is 7. The van der Waals surface area contributed by atoms with Crippen LogP contribution in [0.3, 0.4) is 0 Å². The molecule has 1 N–H and O–H groups in total. The fourth-order valence-corrected chi connectivity index (χ4v) is 3.66. The van der Waals surface area contributed by atoms with Crippen LogP contribution in [-0.4, -0.2) is 27.2 Å². The Balaban J connectivity index is 2.24. The minimum absolute atomic E-state index is 0.0553. The Bertz CT molecular complexity index is 1000. The van der Waals surface area contributed by atoms with Gasteiger partial charge in [-0.1, -0.05) is 18.2 Å². The van der Waals surface area contributed by atoms with Gasteiger partial charge in [0.1, 0.15) is 17.8 Å². The third-order valence-electron chi connectivity index (χ3n) is 4.69. The number of carbonyl (C=O) groups excluding carboxylic acids is 1. The van der Waals surface area contributed by atoms with Crippen molar-refractivity contribution in [3.8, 4) is 23.3 Å². The van der Waals surface area contributed by atoms with Gasteiger partial charge in [-0.05, 0) is 30.7 Å². The average Bonchev–Trinajstić information content (AvgIpc) is 2.73. The van der Waals surface area contributed by atoms with Crippen LogP contribution in [0.5, 0.6) is 17.2 Å². The zero-order valence-electron chi connectivity index (χ0n) is 16.5. The number of ether oxygens (including phenoxy) is 3. The molecule has 0 aliphatic carbocycles. The van der Waals surface area contributed by atoms with Crippen LogP contribution in [0.1, 0.15) is 17.3 Å². The third-order valence-corrected chi connectivity index (χ3v) is 5.13. The number of nitriles is 1.